The maximum Gasteiger partial charge on any atom is 0.156 e. The van der Waals surface area contributed by atoms with Gasteiger partial charge in [-0.25, -0.2) is 0 Å². The van der Waals surface area contributed by atoms with E-state index in [1.807, 2.05) is 18.2 Å². The molecule has 0 atom stereocenters. The Labute approximate surface area is 114 Å². The summed E-state index contributed by atoms with van der Waals surface area (Å²) in [5.41, 5.74) is 2.00. The molecule has 0 N–H and O–H groups in total. The summed E-state index contributed by atoms with van der Waals surface area (Å²) in [7, 11) is 3.26. The number of rotatable bonds is 3. The number of ketones is 1. The standard InChI is InChI=1S/C16H20O3/c1-16(2)8-7-11(17)9-14(16)13-6-5-12(18-3)10-15(13)19-4/h5-6,9-10H,7-8H2,1-4H3. The lowest BCUT2D eigenvalue weighted by atomic mass is 9.72. The van der Waals surface area contributed by atoms with Crippen LogP contribution >= 0.6 is 0 Å². The van der Waals surface area contributed by atoms with Gasteiger partial charge in [0.25, 0.3) is 0 Å². The van der Waals surface area contributed by atoms with Crippen LogP contribution in [0.15, 0.2) is 24.3 Å². The summed E-state index contributed by atoms with van der Waals surface area (Å²) in [6, 6.07) is 5.71. The van der Waals surface area contributed by atoms with Crippen LogP contribution < -0.4 is 9.47 Å². The van der Waals surface area contributed by atoms with Crippen LogP contribution in [-0.2, 0) is 4.79 Å². The molecule has 0 saturated carbocycles. The molecule has 0 spiro atoms. The Morgan fingerprint density at radius 3 is 2.53 bits per heavy atom. The Kier molecular flexibility index (Phi) is 3.65. The third-order valence-electron chi connectivity index (χ3n) is 3.73. The number of hydrogen-bond acceptors (Lipinski definition) is 3. The van der Waals surface area contributed by atoms with Crippen LogP contribution in [0.2, 0.25) is 0 Å². The second kappa shape index (κ2) is 5.08. The van der Waals surface area contributed by atoms with Gasteiger partial charge >= 0.3 is 0 Å². The van der Waals surface area contributed by atoms with Gasteiger partial charge in [0.1, 0.15) is 11.5 Å². The van der Waals surface area contributed by atoms with Crippen molar-refractivity contribution in [3.63, 3.8) is 0 Å². The number of allylic oxidation sites excluding steroid dienone is 2. The van der Waals surface area contributed by atoms with Crippen molar-refractivity contribution in [1.82, 2.24) is 0 Å². The maximum atomic E-state index is 11.7. The predicted octanol–water partition coefficient (Wildman–Crippen LogP) is 3.48. The molecule has 0 radical (unpaired) electrons. The second-order valence-electron chi connectivity index (χ2n) is 5.47. The summed E-state index contributed by atoms with van der Waals surface area (Å²) in [6.07, 6.45) is 3.25. The SMILES string of the molecule is COc1ccc(C2=CC(=O)CCC2(C)C)c(OC)c1. The van der Waals surface area contributed by atoms with E-state index in [2.05, 4.69) is 13.8 Å². The van der Waals surface area contributed by atoms with Crippen molar-refractivity contribution < 1.29 is 14.3 Å². The average molecular weight is 260 g/mol. The molecule has 0 aliphatic heterocycles. The third kappa shape index (κ3) is 2.65. The predicted molar refractivity (Wildman–Crippen MR) is 75.5 cm³/mol. The minimum atomic E-state index is -0.0181. The number of ether oxygens (including phenoxy) is 2. The summed E-state index contributed by atoms with van der Waals surface area (Å²) < 4.78 is 10.6. The molecule has 19 heavy (non-hydrogen) atoms. The minimum Gasteiger partial charge on any atom is -0.497 e. The number of carbonyl (C=O) groups excluding carboxylic acids is 1. The van der Waals surface area contributed by atoms with E-state index < -0.39 is 0 Å². The number of carbonyl (C=O) groups is 1. The molecule has 0 saturated heterocycles. The van der Waals surface area contributed by atoms with E-state index in [1.54, 1.807) is 20.3 Å². The molecule has 1 aliphatic rings. The number of benzene rings is 1. The van der Waals surface area contributed by atoms with E-state index in [4.69, 9.17) is 9.47 Å². The first-order valence-corrected chi connectivity index (χ1v) is 6.45. The van der Waals surface area contributed by atoms with Crippen molar-refractivity contribution >= 4 is 11.4 Å². The van der Waals surface area contributed by atoms with Crippen LogP contribution in [0.5, 0.6) is 11.5 Å². The Balaban J connectivity index is 2.54. The quantitative estimate of drug-likeness (QED) is 0.834. The first kappa shape index (κ1) is 13.7. The first-order chi connectivity index (χ1) is 8.97. The molecule has 0 bridgehead atoms. The van der Waals surface area contributed by atoms with Crippen molar-refractivity contribution in [3.05, 3.63) is 29.8 Å². The lowest BCUT2D eigenvalue weighted by molar-refractivity contribution is -0.115. The molecule has 0 unspecified atom stereocenters. The normalized spacial score (nSPS) is 17.9. The highest BCUT2D eigenvalue weighted by Crippen LogP contribution is 2.45. The molecule has 0 heterocycles. The van der Waals surface area contributed by atoms with Crippen LogP contribution in [0.1, 0.15) is 32.3 Å². The van der Waals surface area contributed by atoms with Gasteiger partial charge in [-0.3, -0.25) is 4.79 Å². The zero-order valence-corrected chi connectivity index (χ0v) is 11.9. The van der Waals surface area contributed by atoms with Crippen LogP contribution in [-0.4, -0.2) is 20.0 Å². The Hall–Kier alpha value is -1.77. The fourth-order valence-corrected chi connectivity index (χ4v) is 2.46. The zero-order chi connectivity index (χ0) is 14.0. The summed E-state index contributed by atoms with van der Waals surface area (Å²) in [5.74, 6) is 1.68. The molecule has 102 valence electrons. The molecule has 1 aromatic carbocycles. The molecule has 1 aromatic rings. The molecule has 3 heteroatoms. The van der Waals surface area contributed by atoms with E-state index >= 15 is 0 Å². The molecule has 2 rings (SSSR count). The highest BCUT2D eigenvalue weighted by atomic mass is 16.5. The molecule has 0 aromatic heterocycles. The van der Waals surface area contributed by atoms with Crippen molar-refractivity contribution in [2.45, 2.75) is 26.7 Å². The number of hydrogen-bond donors (Lipinski definition) is 0. The summed E-state index contributed by atoms with van der Waals surface area (Å²) in [6.45, 7) is 4.32. The van der Waals surface area contributed by atoms with Crippen molar-refractivity contribution in [2.75, 3.05) is 14.2 Å². The van der Waals surface area contributed by atoms with Crippen molar-refractivity contribution in [2.24, 2.45) is 5.41 Å². The largest absolute Gasteiger partial charge is 0.497 e. The minimum absolute atomic E-state index is 0.0181. The van der Waals surface area contributed by atoms with E-state index in [9.17, 15) is 4.79 Å². The highest BCUT2D eigenvalue weighted by Gasteiger charge is 2.31. The van der Waals surface area contributed by atoms with E-state index in [1.165, 1.54) is 0 Å². The van der Waals surface area contributed by atoms with Crippen molar-refractivity contribution in [1.29, 1.82) is 0 Å². The molecular formula is C16H20O3. The van der Waals surface area contributed by atoms with Crippen LogP contribution in [0, 0.1) is 5.41 Å². The Morgan fingerprint density at radius 1 is 1.16 bits per heavy atom. The number of methoxy groups -OCH3 is 2. The van der Waals surface area contributed by atoms with Crippen LogP contribution in [0.4, 0.5) is 0 Å². The van der Waals surface area contributed by atoms with Crippen molar-refractivity contribution in [3.8, 4) is 11.5 Å². The Bertz CT molecular complexity index is 527. The van der Waals surface area contributed by atoms with Gasteiger partial charge in [-0.05, 0) is 35.6 Å². The lowest BCUT2D eigenvalue weighted by Crippen LogP contribution is -2.21. The van der Waals surface area contributed by atoms with Gasteiger partial charge in [0, 0.05) is 18.1 Å². The molecule has 0 fully saturated rings. The summed E-state index contributed by atoms with van der Waals surface area (Å²) >= 11 is 0. The smallest absolute Gasteiger partial charge is 0.156 e. The van der Waals surface area contributed by atoms with Crippen LogP contribution in [0.25, 0.3) is 5.57 Å². The fourth-order valence-electron chi connectivity index (χ4n) is 2.46. The monoisotopic (exact) mass is 260 g/mol. The lowest BCUT2D eigenvalue weighted by Gasteiger charge is -2.32. The molecular weight excluding hydrogens is 240 g/mol. The van der Waals surface area contributed by atoms with E-state index in [0.29, 0.717) is 6.42 Å². The van der Waals surface area contributed by atoms with Crippen LogP contribution in [0.3, 0.4) is 0 Å². The van der Waals surface area contributed by atoms with E-state index in [-0.39, 0.29) is 11.2 Å². The third-order valence-corrected chi connectivity index (χ3v) is 3.73. The fraction of sp³-hybridized carbons (Fsp3) is 0.438. The van der Waals surface area contributed by atoms with Gasteiger partial charge in [0.05, 0.1) is 14.2 Å². The summed E-state index contributed by atoms with van der Waals surface area (Å²) in [5, 5.41) is 0. The molecule has 0 amide bonds. The van der Waals surface area contributed by atoms with Gasteiger partial charge < -0.3 is 9.47 Å². The maximum absolute atomic E-state index is 11.7. The van der Waals surface area contributed by atoms with Gasteiger partial charge in [0.15, 0.2) is 5.78 Å². The first-order valence-electron chi connectivity index (χ1n) is 6.45. The van der Waals surface area contributed by atoms with E-state index in [0.717, 1.165) is 29.1 Å². The Morgan fingerprint density at radius 2 is 1.89 bits per heavy atom. The van der Waals surface area contributed by atoms with Gasteiger partial charge in [-0.2, -0.15) is 0 Å². The zero-order valence-electron chi connectivity index (χ0n) is 11.9. The second-order valence-corrected chi connectivity index (χ2v) is 5.47. The average Bonchev–Trinajstić information content (AvgIpc) is 2.41. The van der Waals surface area contributed by atoms with Gasteiger partial charge in [0.2, 0.25) is 0 Å². The van der Waals surface area contributed by atoms with Gasteiger partial charge in [-0.1, -0.05) is 13.8 Å². The highest BCUT2D eigenvalue weighted by molar-refractivity contribution is 6.00. The summed E-state index contributed by atoms with van der Waals surface area (Å²) in [4.78, 5) is 11.7. The molecule has 1 aliphatic carbocycles. The topological polar surface area (TPSA) is 35.5 Å². The van der Waals surface area contributed by atoms with Gasteiger partial charge in [-0.15, -0.1) is 0 Å². The molecule has 3 nitrogen and oxygen atoms in total.